The van der Waals surface area contributed by atoms with Crippen LogP contribution in [0.3, 0.4) is 0 Å². The zero-order valence-electron chi connectivity index (χ0n) is 16.8. The Hall–Kier alpha value is -1.93. The molecule has 0 N–H and O–H groups in total. The molecule has 0 aliphatic rings. The molecule has 0 aliphatic carbocycles. The number of hydrogen-bond acceptors (Lipinski definition) is 6. The quantitative estimate of drug-likeness (QED) is 0.344. The molecule has 0 saturated heterocycles. The summed E-state index contributed by atoms with van der Waals surface area (Å²) in [5.41, 5.74) is 0. The van der Waals surface area contributed by atoms with Crippen molar-refractivity contribution in [3.63, 3.8) is 0 Å². The number of benzene rings is 1. The molecule has 1 aromatic carbocycles. The van der Waals surface area contributed by atoms with E-state index in [1.807, 2.05) is 13.8 Å². The van der Waals surface area contributed by atoms with E-state index in [0.29, 0.717) is 13.2 Å². The molecule has 0 bridgehead atoms. The fraction of sp³-hybridized carbons (Fsp3) is 0.600. The Morgan fingerprint density at radius 1 is 0.857 bits per heavy atom. The number of carbonyl (C=O) groups excluding carboxylic acids is 2. The molecule has 0 atom stereocenters. The van der Waals surface area contributed by atoms with Gasteiger partial charge in [0, 0.05) is 13.1 Å². The van der Waals surface area contributed by atoms with Crippen molar-refractivity contribution in [3.8, 4) is 0 Å². The number of hydrogen-bond donors (Lipinski definition) is 0. The third-order valence-electron chi connectivity index (χ3n) is 4.03. The number of nitrogens with zero attached hydrogens (tertiary/aromatic N) is 1. The summed E-state index contributed by atoms with van der Waals surface area (Å²) in [4.78, 5) is 23.8. The van der Waals surface area contributed by atoms with E-state index in [4.69, 9.17) is 9.47 Å². The Labute approximate surface area is 168 Å². The van der Waals surface area contributed by atoms with Crippen LogP contribution in [0.15, 0.2) is 35.2 Å². The van der Waals surface area contributed by atoms with Crippen molar-refractivity contribution in [1.82, 2.24) is 4.31 Å². The van der Waals surface area contributed by atoms with E-state index in [0.717, 1.165) is 30.0 Å². The van der Waals surface area contributed by atoms with E-state index in [1.54, 1.807) is 18.2 Å². The normalized spacial score (nSPS) is 11.4. The Morgan fingerprint density at radius 3 is 1.75 bits per heavy atom. The minimum Gasteiger partial charge on any atom is -0.466 e. The molecular weight excluding hydrogens is 382 g/mol. The lowest BCUT2D eigenvalue weighted by atomic mass is 10.3. The summed E-state index contributed by atoms with van der Waals surface area (Å²) in [7, 11) is -3.82. The summed E-state index contributed by atoms with van der Waals surface area (Å²) in [5, 5.41) is 0. The third-order valence-corrected chi connectivity index (χ3v) is 5.95. The number of esters is 2. The first-order valence-corrected chi connectivity index (χ1v) is 11.2. The van der Waals surface area contributed by atoms with Gasteiger partial charge in [-0.2, -0.15) is 4.31 Å². The van der Waals surface area contributed by atoms with E-state index in [2.05, 4.69) is 0 Å². The van der Waals surface area contributed by atoms with Crippen molar-refractivity contribution in [2.75, 3.05) is 26.3 Å². The second kappa shape index (κ2) is 13.3. The monoisotopic (exact) mass is 413 g/mol. The smallest absolute Gasteiger partial charge is 0.307 e. The van der Waals surface area contributed by atoms with Gasteiger partial charge in [0.2, 0.25) is 10.0 Å². The maximum Gasteiger partial charge on any atom is 0.307 e. The number of rotatable bonds is 14. The predicted octanol–water partition coefficient (Wildman–Crippen LogP) is 3.14. The highest BCUT2D eigenvalue weighted by molar-refractivity contribution is 7.89. The highest BCUT2D eigenvalue weighted by Crippen LogP contribution is 2.16. The Balaban J connectivity index is 2.74. The van der Waals surface area contributed by atoms with Gasteiger partial charge in [-0.05, 0) is 25.0 Å². The molecule has 0 radical (unpaired) electrons. The van der Waals surface area contributed by atoms with Gasteiger partial charge >= 0.3 is 11.9 Å². The lowest BCUT2D eigenvalue weighted by molar-refractivity contribution is -0.144. The van der Waals surface area contributed by atoms with Crippen LogP contribution in [0.5, 0.6) is 0 Å². The molecule has 0 heterocycles. The average molecular weight is 414 g/mol. The van der Waals surface area contributed by atoms with Crippen molar-refractivity contribution in [1.29, 1.82) is 0 Å². The van der Waals surface area contributed by atoms with Gasteiger partial charge in [-0.25, -0.2) is 8.42 Å². The number of unbranched alkanes of at least 4 members (excludes halogenated alkanes) is 2. The van der Waals surface area contributed by atoms with Crippen LogP contribution >= 0.6 is 0 Å². The average Bonchev–Trinajstić information content (AvgIpc) is 2.68. The highest BCUT2D eigenvalue weighted by Gasteiger charge is 2.25. The van der Waals surface area contributed by atoms with Crippen LogP contribution in [0, 0.1) is 0 Å². The van der Waals surface area contributed by atoms with Gasteiger partial charge in [0.25, 0.3) is 0 Å². The van der Waals surface area contributed by atoms with E-state index >= 15 is 0 Å². The van der Waals surface area contributed by atoms with Crippen molar-refractivity contribution in [2.24, 2.45) is 0 Å². The van der Waals surface area contributed by atoms with Crippen LogP contribution in [0.1, 0.15) is 52.4 Å². The zero-order valence-corrected chi connectivity index (χ0v) is 17.6. The van der Waals surface area contributed by atoms with Gasteiger partial charge in [-0.3, -0.25) is 9.59 Å². The third kappa shape index (κ3) is 8.84. The van der Waals surface area contributed by atoms with Crippen LogP contribution in [0.4, 0.5) is 0 Å². The Morgan fingerprint density at radius 2 is 1.32 bits per heavy atom. The van der Waals surface area contributed by atoms with E-state index < -0.39 is 22.0 Å². The second-order valence-corrected chi connectivity index (χ2v) is 8.30. The number of sulfonamides is 1. The first kappa shape index (κ1) is 24.1. The predicted molar refractivity (Wildman–Crippen MR) is 106 cm³/mol. The number of ether oxygens (including phenoxy) is 2. The van der Waals surface area contributed by atoms with E-state index in [1.165, 1.54) is 12.1 Å². The SMILES string of the molecule is CCCCOC(=O)CCN(CCC(=O)OCCCC)S(=O)(=O)c1ccccc1. The summed E-state index contributed by atoms with van der Waals surface area (Å²) in [5.74, 6) is -0.903. The molecule has 0 aromatic heterocycles. The molecule has 1 rings (SSSR count). The van der Waals surface area contributed by atoms with E-state index in [-0.39, 0.29) is 30.8 Å². The van der Waals surface area contributed by atoms with E-state index in [9.17, 15) is 18.0 Å². The molecule has 0 aliphatic heterocycles. The highest BCUT2D eigenvalue weighted by atomic mass is 32.2. The van der Waals surface area contributed by atoms with Crippen molar-refractivity contribution in [2.45, 2.75) is 57.3 Å². The molecule has 0 unspecified atom stereocenters. The molecule has 0 spiro atoms. The van der Waals surface area contributed by atoms with Crippen molar-refractivity contribution in [3.05, 3.63) is 30.3 Å². The molecule has 28 heavy (non-hydrogen) atoms. The molecule has 0 fully saturated rings. The molecule has 1 aromatic rings. The first-order chi connectivity index (χ1) is 13.4. The first-order valence-electron chi connectivity index (χ1n) is 9.78. The molecule has 8 heteroatoms. The lowest BCUT2D eigenvalue weighted by Crippen LogP contribution is -2.35. The summed E-state index contributed by atoms with van der Waals surface area (Å²) in [6, 6.07) is 7.95. The summed E-state index contributed by atoms with van der Waals surface area (Å²) in [6.07, 6.45) is 3.20. The van der Waals surface area contributed by atoms with Gasteiger partial charge in [0.1, 0.15) is 0 Å². The van der Waals surface area contributed by atoms with Crippen molar-refractivity contribution >= 4 is 22.0 Å². The Kier molecular flexibility index (Phi) is 11.4. The Bertz CT molecular complexity index is 664. The zero-order chi connectivity index (χ0) is 20.8. The van der Waals surface area contributed by atoms with Gasteiger partial charge in [0.15, 0.2) is 0 Å². The minimum atomic E-state index is -3.82. The van der Waals surface area contributed by atoms with Crippen LogP contribution in [0.25, 0.3) is 0 Å². The summed E-state index contributed by atoms with van der Waals surface area (Å²) >= 11 is 0. The minimum absolute atomic E-state index is 0.0512. The molecule has 158 valence electrons. The van der Waals surface area contributed by atoms with Gasteiger partial charge < -0.3 is 9.47 Å². The van der Waals surface area contributed by atoms with Crippen molar-refractivity contribution < 1.29 is 27.5 Å². The van der Waals surface area contributed by atoms with Gasteiger partial charge in [-0.15, -0.1) is 0 Å². The maximum atomic E-state index is 12.9. The van der Waals surface area contributed by atoms with Crippen LogP contribution in [0.2, 0.25) is 0 Å². The summed E-state index contributed by atoms with van der Waals surface area (Å²) < 4.78 is 37.1. The fourth-order valence-electron chi connectivity index (χ4n) is 2.33. The topological polar surface area (TPSA) is 90.0 Å². The maximum absolute atomic E-state index is 12.9. The largest absolute Gasteiger partial charge is 0.466 e. The fourth-order valence-corrected chi connectivity index (χ4v) is 3.79. The van der Waals surface area contributed by atoms with Gasteiger partial charge in [-0.1, -0.05) is 44.9 Å². The standard InChI is InChI=1S/C20H31NO6S/c1-3-5-16-26-19(22)12-14-21(15-13-20(23)27-17-6-4-2)28(24,25)18-10-8-7-9-11-18/h7-11H,3-6,12-17H2,1-2H3. The molecular formula is C20H31NO6S. The molecule has 0 saturated carbocycles. The van der Waals surface area contributed by atoms with Gasteiger partial charge in [0.05, 0.1) is 31.0 Å². The molecule has 7 nitrogen and oxygen atoms in total. The lowest BCUT2D eigenvalue weighted by Gasteiger charge is -2.21. The molecule has 0 amide bonds. The summed E-state index contributed by atoms with van der Waals surface area (Å²) in [6.45, 7) is 4.52. The number of carbonyl (C=O) groups is 2. The van der Waals surface area contributed by atoms with Crippen LogP contribution in [-0.2, 0) is 29.1 Å². The van der Waals surface area contributed by atoms with Crippen LogP contribution in [-0.4, -0.2) is 51.0 Å². The van der Waals surface area contributed by atoms with Crippen LogP contribution < -0.4 is 0 Å². The second-order valence-electron chi connectivity index (χ2n) is 6.37.